The number of carbonyl (C=O) groups is 2. The summed E-state index contributed by atoms with van der Waals surface area (Å²) < 4.78 is 4.94. The fraction of sp³-hybridized carbons (Fsp3) is 0.333. The van der Waals surface area contributed by atoms with Gasteiger partial charge in [0.1, 0.15) is 5.75 Å². The van der Waals surface area contributed by atoms with Crippen molar-refractivity contribution in [1.29, 1.82) is 0 Å². The van der Waals surface area contributed by atoms with Gasteiger partial charge in [-0.3, -0.25) is 0 Å². The van der Waals surface area contributed by atoms with Crippen LogP contribution in [0.2, 0.25) is 0 Å². The van der Waals surface area contributed by atoms with Crippen LogP contribution < -0.4 is 15.4 Å². The number of carboxylic acids is 1. The summed E-state index contributed by atoms with van der Waals surface area (Å²) in [5, 5.41) is 14.2. The Morgan fingerprint density at radius 3 is 2.50 bits per heavy atom. The van der Waals surface area contributed by atoms with Crippen molar-refractivity contribution in [3.63, 3.8) is 0 Å². The number of anilines is 1. The van der Waals surface area contributed by atoms with Gasteiger partial charge in [0.05, 0.1) is 18.4 Å². The van der Waals surface area contributed by atoms with Crippen molar-refractivity contribution in [3.8, 4) is 5.75 Å². The van der Waals surface area contributed by atoms with Crippen LogP contribution in [0.25, 0.3) is 0 Å². The van der Waals surface area contributed by atoms with Crippen LogP contribution >= 0.6 is 0 Å². The Labute approximate surface area is 105 Å². The highest BCUT2D eigenvalue weighted by atomic mass is 16.5. The van der Waals surface area contributed by atoms with Gasteiger partial charge in [0.2, 0.25) is 0 Å². The first-order valence-electron chi connectivity index (χ1n) is 5.43. The fourth-order valence-corrected chi connectivity index (χ4v) is 1.36. The number of amides is 2. The van der Waals surface area contributed by atoms with Gasteiger partial charge < -0.3 is 20.5 Å². The van der Waals surface area contributed by atoms with E-state index in [0.29, 0.717) is 5.75 Å². The van der Waals surface area contributed by atoms with Gasteiger partial charge in [-0.25, -0.2) is 9.59 Å². The van der Waals surface area contributed by atoms with E-state index in [9.17, 15) is 9.59 Å². The minimum Gasteiger partial charge on any atom is -0.497 e. The Hall–Kier alpha value is -2.24. The van der Waals surface area contributed by atoms with E-state index in [1.54, 1.807) is 6.07 Å². The predicted octanol–water partition coefficient (Wildman–Crippen LogP) is 1.92. The molecule has 0 spiro atoms. The number of urea groups is 1. The van der Waals surface area contributed by atoms with Crippen LogP contribution in [0.3, 0.4) is 0 Å². The fourth-order valence-electron chi connectivity index (χ4n) is 1.36. The molecule has 1 aromatic carbocycles. The van der Waals surface area contributed by atoms with Crippen molar-refractivity contribution in [3.05, 3.63) is 23.8 Å². The molecule has 0 aliphatic rings. The Kier molecular flexibility index (Phi) is 4.53. The van der Waals surface area contributed by atoms with Gasteiger partial charge in [0.15, 0.2) is 0 Å². The summed E-state index contributed by atoms with van der Waals surface area (Å²) in [5.41, 5.74) is 0.203. The van der Waals surface area contributed by atoms with E-state index in [1.165, 1.54) is 19.2 Å². The highest BCUT2D eigenvalue weighted by molar-refractivity contribution is 6.00. The zero-order valence-corrected chi connectivity index (χ0v) is 10.5. The van der Waals surface area contributed by atoms with Crippen molar-refractivity contribution in [1.82, 2.24) is 5.32 Å². The molecule has 0 saturated carbocycles. The van der Waals surface area contributed by atoms with Gasteiger partial charge in [-0.2, -0.15) is 0 Å². The topological polar surface area (TPSA) is 87.7 Å². The minimum absolute atomic E-state index is 0.0201. The van der Waals surface area contributed by atoms with E-state index < -0.39 is 12.0 Å². The SMILES string of the molecule is COc1ccc(NC(=O)NC(C)C)c(C(=O)O)c1. The number of hydrogen-bond donors (Lipinski definition) is 3. The van der Waals surface area contributed by atoms with Crippen molar-refractivity contribution >= 4 is 17.7 Å². The first-order valence-corrected chi connectivity index (χ1v) is 5.43. The van der Waals surface area contributed by atoms with E-state index in [4.69, 9.17) is 9.84 Å². The van der Waals surface area contributed by atoms with E-state index in [0.717, 1.165) is 0 Å². The summed E-state index contributed by atoms with van der Waals surface area (Å²) in [7, 11) is 1.44. The summed E-state index contributed by atoms with van der Waals surface area (Å²) in [6, 6.07) is 3.95. The van der Waals surface area contributed by atoms with E-state index in [1.807, 2.05) is 13.8 Å². The minimum atomic E-state index is -1.13. The van der Waals surface area contributed by atoms with Crippen LogP contribution in [0.5, 0.6) is 5.75 Å². The molecular weight excluding hydrogens is 236 g/mol. The molecule has 0 heterocycles. The third-order valence-corrected chi connectivity index (χ3v) is 2.13. The molecule has 98 valence electrons. The molecule has 0 saturated heterocycles. The second-order valence-electron chi connectivity index (χ2n) is 3.97. The molecule has 6 heteroatoms. The Bertz CT molecular complexity index is 457. The van der Waals surface area contributed by atoms with Gasteiger partial charge >= 0.3 is 12.0 Å². The standard InChI is InChI=1S/C12H16N2O4/c1-7(2)13-12(17)14-10-5-4-8(18-3)6-9(10)11(15)16/h4-7H,1-3H3,(H,15,16)(H2,13,14,17). The smallest absolute Gasteiger partial charge is 0.337 e. The molecule has 6 nitrogen and oxygen atoms in total. The van der Waals surface area contributed by atoms with Crippen LogP contribution in [0, 0.1) is 0 Å². The molecule has 0 bridgehead atoms. The molecule has 0 aliphatic carbocycles. The van der Waals surface area contributed by atoms with Crippen molar-refractivity contribution in [2.75, 3.05) is 12.4 Å². The molecule has 0 fully saturated rings. The average Bonchev–Trinajstić information content (AvgIpc) is 2.28. The second kappa shape index (κ2) is 5.90. The lowest BCUT2D eigenvalue weighted by Gasteiger charge is -2.12. The second-order valence-corrected chi connectivity index (χ2v) is 3.97. The van der Waals surface area contributed by atoms with E-state index in [2.05, 4.69) is 10.6 Å². The Morgan fingerprint density at radius 2 is 2.00 bits per heavy atom. The first-order chi connectivity index (χ1) is 8.43. The molecule has 1 rings (SSSR count). The van der Waals surface area contributed by atoms with Crippen molar-refractivity contribution in [2.45, 2.75) is 19.9 Å². The summed E-state index contributed by atoms with van der Waals surface area (Å²) >= 11 is 0. The quantitative estimate of drug-likeness (QED) is 0.764. The predicted molar refractivity (Wildman–Crippen MR) is 67.2 cm³/mol. The summed E-state index contributed by atoms with van der Waals surface area (Å²) in [4.78, 5) is 22.6. The molecule has 1 aromatic rings. The van der Waals surface area contributed by atoms with Gasteiger partial charge in [-0.05, 0) is 32.0 Å². The third kappa shape index (κ3) is 3.65. The lowest BCUT2D eigenvalue weighted by atomic mass is 10.1. The monoisotopic (exact) mass is 252 g/mol. The number of ether oxygens (including phenoxy) is 1. The lowest BCUT2D eigenvalue weighted by Crippen LogP contribution is -2.34. The number of carbonyl (C=O) groups excluding carboxylic acids is 1. The van der Waals surface area contributed by atoms with Gasteiger partial charge in [0.25, 0.3) is 0 Å². The maximum atomic E-state index is 11.5. The Morgan fingerprint density at radius 1 is 1.33 bits per heavy atom. The van der Waals surface area contributed by atoms with Gasteiger partial charge in [0, 0.05) is 6.04 Å². The number of aromatic carboxylic acids is 1. The van der Waals surface area contributed by atoms with Crippen molar-refractivity contribution in [2.24, 2.45) is 0 Å². The number of carboxylic acid groups (broad SMARTS) is 1. The number of benzene rings is 1. The first kappa shape index (κ1) is 13.8. The lowest BCUT2D eigenvalue weighted by molar-refractivity contribution is 0.0697. The highest BCUT2D eigenvalue weighted by Crippen LogP contribution is 2.22. The number of rotatable bonds is 4. The largest absolute Gasteiger partial charge is 0.497 e. The average molecular weight is 252 g/mol. The molecule has 0 radical (unpaired) electrons. The Balaban J connectivity index is 2.94. The molecule has 3 N–H and O–H groups in total. The van der Waals surface area contributed by atoms with Crippen LogP contribution in [-0.4, -0.2) is 30.3 Å². The van der Waals surface area contributed by atoms with Gasteiger partial charge in [-0.1, -0.05) is 0 Å². The van der Waals surface area contributed by atoms with Crippen LogP contribution in [0.4, 0.5) is 10.5 Å². The van der Waals surface area contributed by atoms with E-state index in [-0.39, 0.29) is 17.3 Å². The molecule has 0 aliphatic heterocycles. The zero-order chi connectivity index (χ0) is 13.7. The molecule has 2 amide bonds. The normalized spacial score (nSPS) is 10.0. The maximum absolute atomic E-state index is 11.5. The summed E-state index contributed by atoms with van der Waals surface area (Å²) in [5.74, 6) is -0.712. The molecule has 0 atom stereocenters. The molecule has 0 unspecified atom stereocenters. The number of hydrogen-bond acceptors (Lipinski definition) is 3. The zero-order valence-electron chi connectivity index (χ0n) is 10.5. The van der Waals surface area contributed by atoms with Crippen molar-refractivity contribution < 1.29 is 19.4 Å². The van der Waals surface area contributed by atoms with Crippen LogP contribution in [0.1, 0.15) is 24.2 Å². The summed E-state index contributed by atoms with van der Waals surface area (Å²) in [6.45, 7) is 3.62. The van der Waals surface area contributed by atoms with Gasteiger partial charge in [-0.15, -0.1) is 0 Å². The number of methoxy groups -OCH3 is 1. The van der Waals surface area contributed by atoms with Crippen LogP contribution in [-0.2, 0) is 0 Å². The number of nitrogens with one attached hydrogen (secondary N) is 2. The van der Waals surface area contributed by atoms with E-state index >= 15 is 0 Å². The molecule has 18 heavy (non-hydrogen) atoms. The third-order valence-electron chi connectivity index (χ3n) is 2.13. The molecular formula is C12H16N2O4. The maximum Gasteiger partial charge on any atom is 0.337 e. The summed E-state index contributed by atoms with van der Waals surface area (Å²) in [6.07, 6.45) is 0. The highest BCUT2D eigenvalue weighted by Gasteiger charge is 2.14. The van der Waals surface area contributed by atoms with Crippen LogP contribution in [0.15, 0.2) is 18.2 Å². The molecule has 0 aromatic heterocycles.